The van der Waals surface area contributed by atoms with Crippen LogP contribution in [0, 0.1) is 0 Å². The second-order valence-electron chi connectivity index (χ2n) is 14.5. The van der Waals surface area contributed by atoms with Crippen molar-refractivity contribution in [2.75, 3.05) is 19.7 Å². The van der Waals surface area contributed by atoms with E-state index in [1.165, 1.54) is 41.3 Å². The van der Waals surface area contributed by atoms with Crippen molar-refractivity contribution in [3.63, 3.8) is 0 Å². The van der Waals surface area contributed by atoms with E-state index in [4.69, 9.17) is 14.2 Å². The Morgan fingerprint density at radius 2 is 1.55 bits per heavy atom. The number of quaternary nitrogens is 1. The molecule has 2 aromatic rings. The van der Waals surface area contributed by atoms with Crippen molar-refractivity contribution in [2.24, 2.45) is 0 Å². The van der Waals surface area contributed by atoms with Crippen molar-refractivity contribution in [3.05, 3.63) is 59.7 Å². The Morgan fingerprint density at radius 3 is 2.14 bits per heavy atom. The van der Waals surface area contributed by atoms with Crippen molar-refractivity contribution in [1.29, 1.82) is 0 Å². The molecule has 2 aliphatic rings. The van der Waals surface area contributed by atoms with Crippen molar-refractivity contribution in [1.82, 2.24) is 4.90 Å². The first kappa shape index (κ1) is 37.0. The van der Waals surface area contributed by atoms with Gasteiger partial charge in [-0.2, -0.15) is 4.79 Å². The van der Waals surface area contributed by atoms with E-state index >= 15 is 0 Å². The number of carboxylic acid groups (broad SMARTS) is 2. The molecule has 13 heteroatoms. The minimum Gasteiger partial charge on any atom is -0.477 e. The van der Waals surface area contributed by atoms with Crippen LogP contribution in [0.15, 0.2) is 48.5 Å². The Bertz CT molecular complexity index is 1620. The summed E-state index contributed by atoms with van der Waals surface area (Å²) in [7, 11) is 0. The molecular weight excluding hydrogens is 636 g/mol. The molecule has 0 radical (unpaired) electrons. The molecule has 13 nitrogen and oxygen atoms in total. The first-order valence-electron chi connectivity index (χ1n) is 16.3. The van der Waals surface area contributed by atoms with Gasteiger partial charge in [0.1, 0.15) is 28.7 Å². The maximum absolute atomic E-state index is 13.6. The highest BCUT2D eigenvalue weighted by Crippen LogP contribution is 2.47. The summed E-state index contributed by atoms with van der Waals surface area (Å²) in [5.41, 5.74) is -3.12. The van der Waals surface area contributed by atoms with E-state index < -0.39 is 75.9 Å². The number of aliphatic carboxylic acids is 1. The summed E-state index contributed by atoms with van der Waals surface area (Å²) in [6, 6.07) is 11.4. The number of ether oxygens (including phenoxy) is 3. The molecule has 4 rings (SSSR count). The number of carbonyl (C=O) groups is 6. The lowest BCUT2D eigenvalue weighted by Gasteiger charge is -2.49. The summed E-state index contributed by atoms with van der Waals surface area (Å²) in [4.78, 5) is 78.2. The molecule has 0 aromatic heterocycles. The van der Waals surface area contributed by atoms with Gasteiger partial charge in [0.15, 0.2) is 18.2 Å². The predicted molar refractivity (Wildman–Crippen MR) is 176 cm³/mol. The van der Waals surface area contributed by atoms with Crippen LogP contribution in [0.4, 0.5) is 9.59 Å². The lowest BCUT2D eigenvalue weighted by Crippen LogP contribution is -2.74. The van der Waals surface area contributed by atoms with Gasteiger partial charge in [-0.3, -0.25) is 14.5 Å². The second kappa shape index (κ2) is 14.0. The van der Waals surface area contributed by atoms with E-state index in [2.05, 4.69) is 0 Å². The fourth-order valence-corrected chi connectivity index (χ4v) is 6.94. The minimum absolute atomic E-state index is 0.0449. The Kier molecular flexibility index (Phi) is 10.6. The molecule has 0 aliphatic carbocycles. The maximum Gasteiger partial charge on any atom is 0.514 e. The number of benzene rings is 2. The lowest BCUT2D eigenvalue weighted by atomic mass is 9.82. The minimum atomic E-state index is -1.84. The van der Waals surface area contributed by atoms with E-state index in [0.29, 0.717) is 31.6 Å². The van der Waals surface area contributed by atoms with Gasteiger partial charge in [0.05, 0.1) is 13.0 Å². The zero-order valence-corrected chi connectivity index (χ0v) is 28.8. The molecule has 2 fully saturated rings. The van der Waals surface area contributed by atoms with Crippen LogP contribution in [0.5, 0.6) is 11.5 Å². The van der Waals surface area contributed by atoms with Crippen LogP contribution in [0.1, 0.15) is 94.4 Å². The van der Waals surface area contributed by atoms with Crippen LogP contribution in [0.25, 0.3) is 0 Å². The lowest BCUT2D eigenvalue weighted by molar-refractivity contribution is -0.929. The molecule has 1 unspecified atom stereocenters. The van der Waals surface area contributed by atoms with Crippen LogP contribution < -0.4 is 4.74 Å². The van der Waals surface area contributed by atoms with E-state index in [1.807, 2.05) is 0 Å². The third-order valence-corrected chi connectivity index (χ3v) is 9.20. The third-order valence-electron chi connectivity index (χ3n) is 9.20. The highest BCUT2D eigenvalue weighted by molar-refractivity contribution is 6.00. The van der Waals surface area contributed by atoms with Gasteiger partial charge in [-0.15, -0.1) is 0 Å². The molecule has 2 aliphatic heterocycles. The van der Waals surface area contributed by atoms with Gasteiger partial charge in [-0.1, -0.05) is 12.1 Å². The number of likely N-dealkylation sites (tertiary alicyclic amines) is 2. The molecule has 0 bridgehead atoms. The molecule has 2 N–H and O–H groups in total. The summed E-state index contributed by atoms with van der Waals surface area (Å²) < 4.78 is 15.8. The van der Waals surface area contributed by atoms with Gasteiger partial charge in [0.25, 0.3) is 0 Å². The van der Waals surface area contributed by atoms with Crippen LogP contribution in [-0.4, -0.2) is 97.7 Å². The average Bonchev–Trinajstić information content (AvgIpc) is 3.66. The highest BCUT2D eigenvalue weighted by Gasteiger charge is 2.70. The smallest absolute Gasteiger partial charge is 0.477 e. The van der Waals surface area contributed by atoms with Crippen LogP contribution in [-0.2, 0) is 19.1 Å². The fraction of sp³-hybridized carbons (Fsp3) is 0.500. The quantitative estimate of drug-likeness (QED) is 0.169. The van der Waals surface area contributed by atoms with Crippen molar-refractivity contribution >= 4 is 35.7 Å². The van der Waals surface area contributed by atoms with Crippen molar-refractivity contribution in [3.8, 4) is 11.5 Å². The van der Waals surface area contributed by atoms with E-state index in [0.717, 1.165) is 0 Å². The number of rotatable bonds is 10. The Hall–Kier alpha value is -4.78. The Labute approximate surface area is 285 Å². The number of amides is 2. The van der Waals surface area contributed by atoms with E-state index in [1.54, 1.807) is 53.7 Å². The zero-order valence-electron chi connectivity index (χ0n) is 28.8. The van der Waals surface area contributed by atoms with E-state index in [9.17, 15) is 39.0 Å². The molecule has 2 amide bonds. The molecule has 2 aromatic carbocycles. The van der Waals surface area contributed by atoms with E-state index in [-0.39, 0.29) is 29.8 Å². The zero-order chi connectivity index (χ0) is 36.4. The molecule has 2 saturated heterocycles. The number of hydrogen-bond donors (Lipinski definition) is 2. The third kappa shape index (κ3) is 7.61. The van der Waals surface area contributed by atoms with Crippen molar-refractivity contribution < 1.29 is 57.7 Å². The van der Waals surface area contributed by atoms with Gasteiger partial charge >= 0.3 is 24.1 Å². The largest absolute Gasteiger partial charge is 0.514 e. The Balaban J connectivity index is 1.39. The SMILES string of the molecule is CC(C)(C)OC(=O)N1CCC[C@H]1C(=O)OCC(=O)c1ccc(Oc2cccc(C(=O)CC3(C(=O)O)CCC[N@+]3(C(=O)O)C(C)(C)C)c2)cc1. The number of esters is 1. The number of hydrogen-bond acceptors (Lipinski definition) is 9. The van der Waals surface area contributed by atoms with Crippen LogP contribution in [0.2, 0.25) is 0 Å². The predicted octanol–water partition coefficient (Wildman–Crippen LogP) is 6.09. The normalized spacial score (nSPS) is 22.3. The maximum atomic E-state index is 13.6. The topological polar surface area (TPSA) is 174 Å². The summed E-state index contributed by atoms with van der Waals surface area (Å²) >= 11 is 0. The Morgan fingerprint density at radius 1 is 0.878 bits per heavy atom. The highest BCUT2D eigenvalue weighted by atomic mass is 16.6. The summed E-state index contributed by atoms with van der Waals surface area (Å²) in [5, 5.41) is 20.7. The molecule has 0 saturated carbocycles. The summed E-state index contributed by atoms with van der Waals surface area (Å²) in [6.45, 7) is 10.1. The monoisotopic (exact) mass is 681 g/mol. The second-order valence-corrected chi connectivity index (χ2v) is 14.5. The average molecular weight is 682 g/mol. The van der Waals surface area contributed by atoms with Gasteiger partial charge in [-0.05, 0) is 90.8 Å². The molecule has 0 spiro atoms. The fourth-order valence-electron chi connectivity index (χ4n) is 6.94. The summed E-state index contributed by atoms with van der Waals surface area (Å²) in [6.07, 6.45) is -0.987. The van der Waals surface area contributed by atoms with Gasteiger partial charge in [0.2, 0.25) is 5.54 Å². The number of ketones is 2. The molecule has 49 heavy (non-hydrogen) atoms. The molecule has 3 atom stereocenters. The first-order chi connectivity index (χ1) is 22.8. The molecule has 2 heterocycles. The summed E-state index contributed by atoms with van der Waals surface area (Å²) in [5.74, 6) is -2.38. The number of carboxylic acids is 1. The van der Waals surface area contributed by atoms with Gasteiger partial charge in [-0.25, -0.2) is 18.9 Å². The first-order valence-corrected chi connectivity index (χ1v) is 16.3. The number of Topliss-reactive ketones (excluding diaryl/α,β-unsaturated/α-hetero) is 2. The molecular formula is C36H45N2O11+. The van der Waals surface area contributed by atoms with Crippen molar-refractivity contribution in [2.45, 2.75) is 96.4 Å². The van der Waals surface area contributed by atoms with Gasteiger partial charge < -0.3 is 24.4 Å². The standard InChI is InChI=1S/C36H44N2O11/c1-34(2,3)38(33(45)46)19-9-17-36(38,31(42)43)21-28(39)24-10-7-11-26(20-24)48-25-15-13-23(14-16-25)29(40)22-47-30(41)27-12-8-18-37(27)32(44)49-35(4,5)6/h7,10-11,13-16,20,27H,8-9,12,17-19,21-22H2,1-6H3,(H-,42,43,45,46)/p+1/t27-,36?,38-/m0/s1. The van der Waals surface area contributed by atoms with Gasteiger partial charge in [0, 0.05) is 30.5 Å². The van der Waals surface area contributed by atoms with Crippen LogP contribution in [0.3, 0.4) is 0 Å². The van der Waals surface area contributed by atoms with Crippen LogP contribution >= 0.6 is 0 Å². The number of nitrogens with zero attached hydrogens (tertiary/aromatic N) is 2. The molecule has 264 valence electrons. The number of carbonyl (C=O) groups excluding carboxylic acids is 4.